The molecule has 1 aromatic carbocycles. The largest absolute Gasteiger partial charge is 0.346 e. The highest BCUT2D eigenvalue weighted by Gasteiger charge is 2.30. The molecule has 1 saturated heterocycles. The SMILES string of the molecule is N#CC1CCN(C(=O)Cc2ccc(-c3cc(N(C=O)C4CC4)nc4[nH]ccc34)cc2)CC1. The van der Waals surface area contributed by atoms with Crippen molar-refractivity contribution in [2.24, 2.45) is 5.92 Å². The third kappa shape index (κ3) is 3.96. The first-order valence-electron chi connectivity index (χ1n) is 11.1. The van der Waals surface area contributed by atoms with Crippen LogP contribution < -0.4 is 4.90 Å². The summed E-state index contributed by atoms with van der Waals surface area (Å²) in [5, 5.41) is 10.0. The minimum absolute atomic E-state index is 0.0731. The monoisotopic (exact) mass is 427 g/mol. The molecule has 1 N–H and O–H groups in total. The number of likely N-dealkylation sites (tertiary alicyclic amines) is 1. The van der Waals surface area contributed by atoms with Gasteiger partial charge in [0.25, 0.3) is 0 Å². The standard InChI is InChI=1S/C25H25N5O2/c26-15-18-8-11-29(12-9-18)24(32)13-17-1-3-19(4-2-17)22-14-23(30(16-31)20-5-6-20)28-25-21(22)7-10-27-25/h1-4,7,10,14,16,18,20H,5-6,8-9,11-13H2,(H,27,28). The van der Waals surface area contributed by atoms with E-state index < -0.39 is 0 Å². The summed E-state index contributed by atoms with van der Waals surface area (Å²) in [7, 11) is 0. The van der Waals surface area contributed by atoms with Crippen LogP contribution in [0.3, 0.4) is 0 Å². The van der Waals surface area contributed by atoms with Crippen molar-refractivity contribution >= 4 is 29.2 Å². The van der Waals surface area contributed by atoms with Crippen molar-refractivity contribution in [1.29, 1.82) is 5.26 Å². The van der Waals surface area contributed by atoms with Crippen LogP contribution in [0.15, 0.2) is 42.6 Å². The molecule has 0 atom stereocenters. The number of aromatic amines is 1. The zero-order valence-electron chi connectivity index (χ0n) is 17.8. The lowest BCUT2D eigenvalue weighted by Crippen LogP contribution is -2.39. The van der Waals surface area contributed by atoms with E-state index in [0.29, 0.717) is 25.3 Å². The Bertz CT molecular complexity index is 1180. The lowest BCUT2D eigenvalue weighted by atomic mass is 9.97. The Balaban J connectivity index is 1.36. The van der Waals surface area contributed by atoms with E-state index in [1.54, 1.807) is 4.90 Å². The number of nitrogens with zero attached hydrogens (tertiary/aromatic N) is 4. The average Bonchev–Trinajstić information content (AvgIpc) is 3.55. The lowest BCUT2D eigenvalue weighted by Gasteiger charge is -2.29. The quantitative estimate of drug-likeness (QED) is 0.608. The Morgan fingerprint density at radius 2 is 1.94 bits per heavy atom. The fourth-order valence-corrected chi connectivity index (χ4v) is 4.42. The number of carbonyl (C=O) groups is 2. The molecule has 1 aliphatic carbocycles. The molecule has 7 nitrogen and oxygen atoms in total. The van der Waals surface area contributed by atoms with Crippen molar-refractivity contribution < 1.29 is 9.59 Å². The summed E-state index contributed by atoms with van der Waals surface area (Å²) in [6, 6.07) is 14.5. The van der Waals surface area contributed by atoms with Gasteiger partial charge in [0, 0.05) is 36.6 Å². The van der Waals surface area contributed by atoms with Gasteiger partial charge in [-0.15, -0.1) is 0 Å². The van der Waals surface area contributed by atoms with E-state index in [1.807, 2.05) is 47.5 Å². The number of H-pyrrole nitrogens is 1. The molecule has 162 valence electrons. The van der Waals surface area contributed by atoms with E-state index in [9.17, 15) is 9.59 Å². The fourth-order valence-electron chi connectivity index (χ4n) is 4.42. The Hall–Kier alpha value is -3.66. The fraction of sp³-hybridized carbons (Fsp3) is 0.360. The minimum Gasteiger partial charge on any atom is -0.346 e. The second-order valence-corrected chi connectivity index (χ2v) is 8.67. The van der Waals surface area contributed by atoms with Crippen LogP contribution in [0.2, 0.25) is 0 Å². The summed E-state index contributed by atoms with van der Waals surface area (Å²) >= 11 is 0. The number of nitrogens with one attached hydrogen (secondary N) is 1. The van der Waals surface area contributed by atoms with Gasteiger partial charge in [0.05, 0.1) is 12.5 Å². The van der Waals surface area contributed by atoms with Crippen molar-refractivity contribution in [1.82, 2.24) is 14.9 Å². The molecule has 32 heavy (non-hydrogen) atoms. The van der Waals surface area contributed by atoms with Gasteiger partial charge in [-0.25, -0.2) is 4.98 Å². The van der Waals surface area contributed by atoms with Gasteiger partial charge in [-0.2, -0.15) is 5.26 Å². The Kier molecular flexibility index (Phi) is 5.36. The molecule has 7 heteroatoms. The van der Waals surface area contributed by atoms with Gasteiger partial charge in [0.1, 0.15) is 11.5 Å². The number of rotatable bonds is 6. The molecular weight excluding hydrogens is 402 g/mol. The summed E-state index contributed by atoms with van der Waals surface area (Å²) < 4.78 is 0. The molecule has 0 radical (unpaired) electrons. The van der Waals surface area contributed by atoms with Crippen molar-refractivity contribution in [2.75, 3.05) is 18.0 Å². The predicted molar refractivity (Wildman–Crippen MR) is 122 cm³/mol. The van der Waals surface area contributed by atoms with Crippen molar-refractivity contribution in [2.45, 2.75) is 38.1 Å². The number of hydrogen-bond acceptors (Lipinski definition) is 4. The van der Waals surface area contributed by atoms with E-state index in [1.165, 1.54) is 0 Å². The third-order valence-corrected chi connectivity index (χ3v) is 6.48. The molecule has 1 saturated carbocycles. The van der Waals surface area contributed by atoms with Crippen LogP contribution in [-0.4, -0.2) is 46.3 Å². The summed E-state index contributed by atoms with van der Waals surface area (Å²) in [4.78, 5) is 35.7. The number of nitriles is 1. The molecule has 2 aromatic heterocycles. The van der Waals surface area contributed by atoms with Crippen LogP contribution in [0, 0.1) is 17.2 Å². The number of fused-ring (bicyclic) bond motifs is 1. The van der Waals surface area contributed by atoms with E-state index in [2.05, 4.69) is 16.0 Å². The number of pyridine rings is 1. The number of carbonyl (C=O) groups excluding carboxylic acids is 2. The second-order valence-electron chi connectivity index (χ2n) is 8.67. The number of piperidine rings is 1. The van der Waals surface area contributed by atoms with Gasteiger partial charge in [-0.1, -0.05) is 24.3 Å². The van der Waals surface area contributed by atoms with Crippen molar-refractivity contribution in [3.05, 3.63) is 48.2 Å². The van der Waals surface area contributed by atoms with Crippen LogP contribution in [0.5, 0.6) is 0 Å². The van der Waals surface area contributed by atoms with E-state index in [0.717, 1.165) is 59.8 Å². The molecule has 2 fully saturated rings. The summed E-state index contributed by atoms with van der Waals surface area (Å²) in [6.45, 7) is 1.32. The maximum Gasteiger partial charge on any atom is 0.226 e. The van der Waals surface area contributed by atoms with Gasteiger partial charge in [0.15, 0.2) is 0 Å². The molecule has 3 aromatic rings. The first-order chi connectivity index (χ1) is 15.7. The summed E-state index contributed by atoms with van der Waals surface area (Å²) in [6.07, 6.45) is 6.63. The normalized spacial score (nSPS) is 16.7. The van der Waals surface area contributed by atoms with Crippen LogP contribution >= 0.6 is 0 Å². The first-order valence-corrected chi connectivity index (χ1v) is 11.1. The van der Waals surface area contributed by atoms with Crippen LogP contribution in [-0.2, 0) is 16.0 Å². The van der Waals surface area contributed by atoms with E-state index in [4.69, 9.17) is 5.26 Å². The topological polar surface area (TPSA) is 93.1 Å². The number of amides is 2. The van der Waals surface area contributed by atoms with E-state index in [-0.39, 0.29) is 17.9 Å². The smallest absolute Gasteiger partial charge is 0.226 e. The van der Waals surface area contributed by atoms with Crippen molar-refractivity contribution in [3.63, 3.8) is 0 Å². The maximum absolute atomic E-state index is 12.7. The molecule has 2 amide bonds. The average molecular weight is 428 g/mol. The molecule has 1 aliphatic heterocycles. The molecular formula is C25H25N5O2. The highest BCUT2D eigenvalue weighted by atomic mass is 16.2. The van der Waals surface area contributed by atoms with Crippen LogP contribution in [0.1, 0.15) is 31.2 Å². The first kappa shape index (κ1) is 20.3. The Morgan fingerprint density at radius 3 is 2.59 bits per heavy atom. The summed E-state index contributed by atoms with van der Waals surface area (Å²) in [5.41, 5.74) is 3.75. The third-order valence-electron chi connectivity index (χ3n) is 6.48. The number of aromatic nitrogens is 2. The molecule has 2 aliphatic rings. The predicted octanol–water partition coefficient (Wildman–Crippen LogP) is 3.66. The Labute approximate surface area is 186 Å². The van der Waals surface area contributed by atoms with Gasteiger partial charge in [-0.05, 0) is 54.5 Å². The van der Waals surface area contributed by atoms with Crippen molar-refractivity contribution in [3.8, 4) is 17.2 Å². The molecule has 0 spiro atoms. The van der Waals surface area contributed by atoms with Gasteiger partial charge >= 0.3 is 0 Å². The highest BCUT2D eigenvalue weighted by Crippen LogP contribution is 2.35. The maximum atomic E-state index is 12.7. The van der Waals surface area contributed by atoms with Crippen LogP contribution in [0.25, 0.3) is 22.2 Å². The summed E-state index contributed by atoms with van der Waals surface area (Å²) in [5.74, 6) is 0.843. The number of hydrogen-bond donors (Lipinski definition) is 1. The number of anilines is 1. The van der Waals surface area contributed by atoms with Gasteiger partial charge in [0.2, 0.25) is 12.3 Å². The Morgan fingerprint density at radius 1 is 1.19 bits per heavy atom. The van der Waals surface area contributed by atoms with Gasteiger partial charge < -0.3 is 9.88 Å². The van der Waals surface area contributed by atoms with E-state index >= 15 is 0 Å². The molecule has 0 unspecified atom stereocenters. The zero-order valence-corrected chi connectivity index (χ0v) is 17.8. The highest BCUT2D eigenvalue weighted by molar-refractivity contribution is 5.96. The van der Waals surface area contributed by atoms with Crippen LogP contribution in [0.4, 0.5) is 5.82 Å². The second kappa shape index (κ2) is 8.46. The molecule has 3 heterocycles. The molecule has 0 bridgehead atoms. The molecule has 5 rings (SSSR count). The lowest BCUT2D eigenvalue weighted by molar-refractivity contribution is -0.131. The minimum atomic E-state index is 0.0731. The van der Waals surface area contributed by atoms with Gasteiger partial charge in [-0.3, -0.25) is 14.5 Å². The number of benzene rings is 1. The zero-order chi connectivity index (χ0) is 22.1.